The summed E-state index contributed by atoms with van der Waals surface area (Å²) in [6.07, 6.45) is 6.31. The van der Waals surface area contributed by atoms with Crippen LogP contribution in [-0.4, -0.2) is 34.2 Å². The Hall–Kier alpha value is -1.14. The predicted molar refractivity (Wildman–Crippen MR) is 88.7 cm³/mol. The summed E-state index contributed by atoms with van der Waals surface area (Å²) in [5.41, 5.74) is 2.07. The molecular formula is C14H22ClN3O2S. The zero-order valence-electron chi connectivity index (χ0n) is 12.1. The molecule has 1 aromatic rings. The molecule has 1 aromatic heterocycles. The monoisotopic (exact) mass is 331 g/mol. The maximum Gasteiger partial charge on any atom is 0.307 e. The number of esters is 1. The number of aromatic nitrogens is 2. The number of allylic oxidation sites excluding steroid dienone is 1. The van der Waals surface area contributed by atoms with Crippen molar-refractivity contribution in [1.82, 2.24) is 15.1 Å². The van der Waals surface area contributed by atoms with E-state index in [4.69, 9.17) is 4.74 Å². The van der Waals surface area contributed by atoms with E-state index in [-0.39, 0.29) is 18.4 Å². The van der Waals surface area contributed by atoms with E-state index in [1.165, 1.54) is 5.70 Å². The van der Waals surface area contributed by atoms with Crippen molar-refractivity contribution < 1.29 is 9.53 Å². The van der Waals surface area contributed by atoms with E-state index < -0.39 is 0 Å². The number of nitrogens with zero attached hydrogens (tertiary/aromatic N) is 2. The lowest BCUT2D eigenvalue weighted by molar-refractivity contribution is -0.143. The van der Waals surface area contributed by atoms with Crippen LogP contribution in [0, 0.1) is 0 Å². The molecule has 118 valence electrons. The molecule has 1 unspecified atom stereocenters. The second-order valence-electron chi connectivity index (χ2n) is 4.80. The number of hydrogen-bond donors (Lipinski definition) is 2. The summed E-state index contributed by atoms with van der Waals surface area (Å²) in [6, 6.07) is 1.95. The van der Waals surface area contributed by atoms with Crippen LogP contribution in [-0.2, 0) is 16.1 Å². The fraction of sp³-hybridized carbons (Fsp3) is 0.571. The first-order valence-electron chi connectivity index (χ1n) is 6.99. The molecule has 7 heteroatoms. The van der Waals surface area contributed by atoms with Crippen LogP contribution < -0.4 is 5.32 Å². The van der Waals surface area contributed by atoms with E-state index in [1.54, 1.807) is 4.68 Å². The summed E-state index contributed by atoms with van der Waals surface area (Å²) in [7, 11) is 0. The summed E-state index contributed by atoms with van der Waals surface area (Å²) in [6.45, 7) is 3.74. The maximum absolute atomic E-state index is 11.3. The Kier molecular flexibility index (Phi) is 7.67. The molecule has 1 aliphatic rings. The molecule has 0 aromatic carbocycles. The number of halogens is 1. The van der Waals surface area contributed by atoms with Gasteiger partial charge in [-0.2, -0.15) is 17.7 Å². The fourth-order valence-electron chi connectivity index (χ4n) is 2.13. The minimum Gasteiger partial charge on any atom is -0.466 e. The Balaban J connectivity index is 0.00000220. The largest absolute Gasteiger partial charge is 0.466 e. The highest BCUT2D eigenvalue weighted by atomic mass is 35.5. The Morgan fingerprint density at radius 1 is 1.67 bits per heavy atom. The molecular weight excluding hydrogens is 310 g/mol. The van der Waals surface area contributed by atoms with E-state index in [1.807, 2.05) is 25.3 Å². The minimum atomic E-state index is -0.185. The Morgan fingerprint density at radius 2 is 2.48 bits per heavy atom. The van der Waals surface area contributed by atoms with E-state index >= 15 is 0 Å². The van der Waals surface area contributed by atoms with Crippen LogP contribution in [0.25, 0.3) is 6.08 Å². The summed E-state index contributed by atoms with van der Waals surface area (Å²) in [4.78, 5) is 11.3. The van der Waals surface area contributed by atoms with Crippen molar-refractivity contribution in [2.75, 3.05) is 13.2 Å². The molecule has 1 aliphatic heterocycles. The average Bonchev–Trinajstić information content (AvgIpc) is 2.84. The highest BCUT2D eigenvalue weighted by molar-refractivity contribution is 7.80. The van der Waals surface area contributed by atoms with Crippen molar-refractivity contribution >= 4 is 37.1 Å². The topological polar surface area (TPSA) is 56.1 Å². The van der Waals surface area contributed by atoms with Gasteiger partial charge in [-0.3, -0.25) is 9.48 Å². The summed E-state index contributed by atoms with van der Waals surface area (Å²) in [5.74, 6) is -0.185. The van der Waals surface area contributed by atoms with Crippen LogP contribution in [0.3, 0.4) is 0 Å². The molecule has 0 aliphatic carbocycles. The first-order chi connectivity index (χ1) is 9.67. The average molecular weight is 332 g/mol. The minimum absolute atomic E-state index is 0. The van der Waals surface area contributed by atoms with Gasteiger partial charge in [0.05, 0.1) is 25.3 Å². The molecule has 1 fully saturated rings. The molecule has 0 spiro atoms. The third kappa shape index (κ3) is 6.01. The van der Waals surface area contributed by atoms with Gasteiger partial charge < -0.3 is 10.1 Å². The molecule has 0 saturated carbocycles. The highest BCUT2D eigenvalue weighted by Gasteiger charge is 2.12. The molecule has 0 bridgehead atoms. The number of nitrogens with one attached hydrogen (secondary N) is 1. The number of aryl methyl sites for hydroxylation is 1. The third-order valence-corrected chi connectivity index (χ3v) is 3.56. The van der Waals surface area contributed by atoms with Crippen LogP contribution >= 0.6 is 25.0 Å². The maximum atomic E-state index is 11.3. The molecule has 5 nitrogen and oxygen atoms in total. The lowest BCUT2D eigenvalue weighted by Gasteiger charge is -2.21. The van der Waals surface area contributed by atoms with Gasteiger partial charge in [-0.05, 0) is 31.9 Å². The van der Waals surface area contributed by atoms with E-state index in [0.29, 0.717) is 24.8 Å². The molecule has 2 heterocycles. The van der Waals surface area contributed by atoms with Gasteiger partial charge in [0.25, 0.3) is 0 Å². The van der Waals surface area contributed by atoms with Crippen molar-refractivity contribution in [1.29, 1.82) is 0 Å². The number of hydrogen-bond acceptors (Lipinski definition) is 5. The van der Waals surface area contributed by atoms with Gasteiger partial charge in [-0.1, -0.05) is 0 Å². The molecule has 0 amide bonds. The Morgan fingerprint density at radius 3 is 3.19 bits per heavy atom. The third-order valence-electron chi connectivity index (χ3n) is 3.12. The number of piperidine rings is 1. The summed E-state index contributed by atoms with van der Waals surface area (Å²) in [5, 5.41) is 8.22. The van der Waals surface area contributed by atoms with Crippen molar-refractivity contribution in [3.8, 4) is 0 Å². The second-order valence-corrected chi connectivity index (χ2v) is 5.53. The molecule has 2 rings (SSSR count). The number of thiol groups is 1. The Labute approximate surface area is 136 Å². The zero-order valence-corrected chi connectivity index (χ0v) is 13.8. The van der Waals surface area contributed by atoms with E-state index in [2.05, 4.69) is 23.0 Å². The van der Waals surface area contributed by atoms with Crippen LogP contribution in [0.5, 0.6) is 0 Å². The van der Waals surface area contributed by atoms with E-state index in [0.717, 1.165) is 25.1 Å². The zero-order chi connectivity index (χ0) is 14.4. The van der Waals surface area contributed by atoms with Crippen LogP contribution in [0.1, 0.15) is 31.9 Å². The molecule has 1 saturated heterocycles. The van der Waals surface area contributed by atoms with Gasteiger partial charge in [0, 0.05) is 23.7 Å². The van der Waals surface area contributed by atoms with Crippen molar-refractivity contribution in [3.63, 3.8) is 0 Å². The number of carbonyl (C=O) groups excluding carboxylic acids is 1. The number of ether oxygens (including phenoxy) is 1. The standard InChI is InChI=1S/C14H21N3O2S.ClH/c1-2-19-14(18)5-8-17-7-4-11(16-17)9-12-10-13(20)3-6-15-12;/h4,7,9,13,15,20H,2-3,5-6,8,10H2,1H3;1H. The number of carbonyl (C=O) groups is 1. The lowest BCUT2D eigenvalue weighted by Crippen LogP contribution is -2.26. The highest BCUT2D eigenvalue weighted by Crippen LogP contribution is 2.18. The van der Waals surface area contributed by atoms with Crippen molar-refractivity contribution in [3.05, 3.63) is 23.7 Å². The fourth-order valence-corrected chi connectivity index (χ4v) is 2.46. The van der Waals surface area contributed by atoms with Gasteiger partial charge in [0.15, 0.2) is 0 Å². The smallest absolute Gasteiger partial charge is 0.307 e. The van der Waals surface area contributed by atoms with Gasteiger partial charge in [-0.25, -0.2) is 0 Å². The van der Waals surface area contributed by atoms with Gasteiger partial charge in [0.1, 0.15) is 0 Å². The van der Waals surface area contributed by atoms with E-state index in [9.17, 15) is 4.79 Å². The van der Waals surface area contributed by atoms with Crippen LogP contribution in [0.15, 0.2) is 18.0 Å². The first kappa shape index (κ1) is 17.9. The SMILES string of the molecule is CCOC(=O)CCn1ccc(C=C2CC(S)CCN2)n1.Cl. The first-order valence-corrected chi connectivity index (χ1v) is 7.50. The summed E-state index contributed by atoms with van der Waals surface area (Å²) >= 11 is 4.51. The molecule has 1 atom stereocenters. The Bertz CT molecular complexity index is 490. The second kappa shape index (κ2) is 9.00. The quantitative estimate of drug-likeness (QED) is 0.642. The normalized spacial score (nSPS) is 19.7. The van der Waals surface area contributed by atoms with Gasteiger partial charge in [0.2, 0.25) is 0 Å². The van der Waals surface area contributed by atoms with Crippen LogP contribution in [0.2, 0.25) is 0 Å². The van der Waals surface area contributed by atoms with Gasteiger partial charge in [-0.15, -0.1) is 12.4 Å². The van der Waals surface area contributed by atoms with Gasteiger partial charge >= 0.3 is 5.97 Å². The number of rotatable bonds is 5. The summed E-state index contributed by atoms with van der Waals surface area (Å²) < 4.78 is 6.66. The van der Waals surface area contributed by atoms with Crippen molar-refractivity contribution in [2.24, 2.45) is 0 Å². The molecule has 21 heavy (non-hydrogen) atoms. The molecule has 0 radical (unpaired) electrons. The molecule has 1 N–H and O–H groups in total. The predicted octanol–water partition coefficient (Wildman–Crippen LogP) is 2.28. The lowest BCUT2D eigenvalue weighted by atomic mass is 10.1. The van der Waals surface area contributed by atoms with Crippen LogP contribution in [0.4, 0.5) is 0 Å². The van der Waals surface area contributed by atoms with Crippen molar-refractivity contribution in [2.45, 2.75) is 38.0 Å².